The molecule has 1 saturated heterocycles. The number of rotatable bonds is 6. The fraction of sp³-hybridized carbons (Fsp3) is 0.500. The van der Waals surface area contributed by atoms with Crippen molar-refractivity contribution in [1.82, 2.24) is 20.2 Å². The average Bonchev–Trinajstić information content (AvgIpc) is 2.84. The third-order valence-electron chi connectivity index (χ3n) is 6.38. The summed E-state index contributed by atoms with van der Waals surface area (Å²) in [4.78, 5) is 37.4. The molecule has 4 rings (SSSR count). The molecule has 1 aromatic carbocycles. The summed E-state index contributed by atoms with van der Waals surface area (Å²) in [6.07, 6.45) is 0.0393. The van der Waals surface area contributed by atoms with Gasteiger partial charge in [-0.3, -0.25) is 4.90 Å². The molecule has 5 N–H and O–H groups in total. The maximum absolute atomic E-state index is 12.0. The van der Waals surface area contributed by atoms with E-state index in [1.165, 1.54) is 4.90 Å². The van der Waals surface area contributed by atoms with Crippen molar-refractivity contribution in [2.45, 2.75) is 38.8 Å². The fourth-order valence-corrected chi connectivity index (χ4v) is 4.67. The molecule has 188 valence electrons. The largest absolute Gasteiger partial charge is 0.465 e. The number of hydrogen-bond donors (Lipinski definition) is 4. The lowest BCUT2D eigenvalue weighted by Gasteiger charge is -2.40. The van der Waals surface area contributed by atoms with Gasteiger partial charge in [0.05, 0.1) is 31.0 Å². The normalized spacial score (nSPS) is 19.7. The smallest absolute Gasteiger partial charge is 0.407 e. The van der Waals surface area contributed by atoms with Gasteiger partial charge < -0.3 is 31.1 Å². The van der Waals surface area contributed by atoms with E-state index in [1.54, 1.807) is 12.1 Å². The van der Waals surface area contributed by atoms with Crippen LogP contribution in [0.4, 0.5) is 21.1 Å². The Kier molecular flexibility index (Phi) is 7.67. The van der Waals surface area contributed by atoms with Gasteiger partial charge in [-0.2, -0.15) is 0 Å². The van der Waals surface area contributed by atoms with E-state index in [0.717, 1.165) is 16.9 Å². The molecule has 0 spiro atoms. The predicted octanol–water partition coefficient (Wildman–Crippen LogP) is 2.44. The zero-order valence-corrected chi connectivity index (χ0v) is 20.2. The molecule has 2 aromatic rings. The van der Waals surface area contributed by atoms with E-state index in [-0.39, 0.29) is 12.1 Å². The molecule has 2 unspecified atom stereocenters. The highest BCUT2D eigenvalue weighted by molar-refractivity contribution is 5.89. The van der Waals surface area contributed by atoms with Crippen molar-refractivity contribution in [3.8, 4) is 11.4 Å². The number of carboxylic acid groups (broad SMARTS) is 1. The molecule has 2 aliphatic rings. The standard InChI is InChI=1S/C24H33N7O4/c1-3-26-23(32)27-17-6-4-16(5-7-17)21-28-20-18(9-11-31(24(33)34)19(20)8-10-25)22(29-21)30-12-13-35-14-15(30)2/h4-7,15,19H,3,8-14,25H2,1-2H3,(H,33,34)(H2,26,27,32). The number of urea groups is 1. The van der Waals surface area contributed by atoms with Gasteiger partial charge in [0.1, 0.15) is 5.82 Å². The van der Waals surface area contributed by atoms with Crippen LogP contribution in [-0.4, -0.2) is 77.5 Å². The minimum atomic E-state index is -0.976. The van der Waals surface area contributed by atoms with Gasteiger partial charge in [0.2, 0.25) is 0 Å². The Hall–Kier alpha value is -3.44. The third-order valence-corrected chi connectivity index (χ3v) is 6.38. The molecule has 3 heterocycles. The van der Waals surface area contributed by atoms with Crippen molar-refractivity contribution in [1.29, 1.82) is 0 Å². The number of fused-ring (bicyclic) bond motifs is 1. The first kappa shape index (κ1) is 24.7. The number of nitrogens with one attached hydrogen (secondary N) is 2. The Labute approximate surface area is 204 Å². The number of benzene rings is 1. The molecule has 0 saturated carbocycles. The Morgan fingerprint density at radius 1 is 1.23 bits per heavy atom. The van der Waals surface area contributed by atoms with Crippen LogP contribution >= 0.6 is 0 Å². The number of carbonyl (C=O) groups excluding carboxylic acids is 1. The molecule has 2 atom stereocenters. The Bertz CT molecular complexity index is 1060. The zero-order valence-electron chi connectivity index (χ0n) is 20.2. The van der Waals surface area contributed by atoms with Crippen LogP contribution in [-0.2, 0) is 11.2 Å². The second-order valence-corrected chi connectivity index (χ2v) is 8.73. The molecule has 1 aromatic heterocycles. The summed E-state index contributed by atoms with van der Waals surface area (Å²) in [5, 5.41) is 15.3. The first-order valence-electron chi connectivity index (χ1n) is 12.0. The van der Waals surface area contributed by atoms with E-state index in [9.17, 15) is 14.7 Å². The summed E-state index contributed by atoms with van der Waals surface area (Å²) in [6, 6.07) is 6.72. The van der Waals surface area contributed by atoms with E-state index < -0.39 is 12.1 Å². The number of amides is 3. The number of morpholine rings is 1. The fourth-order valence-electron chi connectivity index (χ4n) is 4.67. The molecule has 1 fully saturated rings. The number of aromatic nitrogens is 2. The van der Waals surface area contributed by atoms with Crippen LogP contribution in [0.3, 0.4) is 0 Å². The van der Waals surface area contributed by atoms with Crippen molar-refractivity contribution in [3.63, 3.8) is 0 Å². The summed E-state index contributed by atoms with van der Waals surface area (Å²) in [5.74, 6) is 1.34. The van der Waals surface area contributed by atoms with Gasteiger partial charge in [0.15, 0.2) is 5.82 Å². The molecule has 0 aliphatic carbocycles. The van der Waals surface area contributed by atoms with Gasteiger partial charge in [-0.1, -0.05) is 0 Å². The van der Waals surface area contributed by atoms with Crippen LogP contribution in [0, 0.1) is 0 Å². The quantitative estimate of drug-likeness (QED) is 0.490. The van der Waals surface area contributed by atoms with Crippen LogP contribution in [0.1, 0.15) is 37.6 Å². The Morgan fingerprint density at radius 3 is 2.66 bits per heavy atom. The Morgan fingerprint density at radius 2 is 2.00 bits per heavy atom. The number of carbonyl (C=O) groups is 2. The van der Waals surface area contributed by atoms with Crippen molar-refractivity contribution in [2.24, 2.45) is 5.73 Å². The maximum Gasteiger partial charge on any atom is 0.407 e. The first-order chi connectivity index (χ1) is 16.9. The lowest BCUT2D eigenvalue weighted by atomic mass is 9.95. The molecule has 35 heavy (non-hydrogen) atoms. The number of ether oxygens (including phenoxy) is 1. The number of hydrogen-bond acceptors (Lipinski definition) is 7. The predicted molar refractivity (Wildman–Crippen MR) is 133 cm³/mol. The van der Waals surface area contributed by atoms with Crippen LogP contribution in [0.2, 0.25) is 0 Å². The summed E-state index contributed by atoms with van der Waals surface area (Å²) in [5.41, 5.74) is 9.00. The van der Waals surface area contributed by atoms with Gasteiger partial charge in [0, 0.05) is 36.4 Å². The van der Waals surface area contributed by atoms with Gasteiger partial charge in [-0.15, -0.1) is 0 Å². The van der Waals surface area contributed by atoms with Crippen LogP contribution < -0.4 is 21.3 Å². The van der Waals surface area contributed by atoms with Crippen molar-refractivity contribution < 1.29 is 19.4 Å². The number of nitrogens with zero attached hydrogens (tertiary/aromatic N) is 4. The number of nitrogens with two attached hydrogens (primary N) is 1. The SMILES string of the molecule is CCNC(=O)Nc1ccc(-c2nc3c(c(N4CCOCC4C)n2)CCN(C(=O)O)C3CCN)cc1. The lowest BCUT2D eigenvalue weighted by molar-refractivity contribution is 0.0980. The van der Waals surface area contributed by atoms with E-state index >= 15 is 0 Å². The lowest BCUT2D eigenvalue weighted by Crippen LogP contribution is -2.46. The average molecular weight is 484 g/mol. The topological polar surface area (TPSA) is 146 Å². The van der Waals surface area contributed by atoms with Gasteiger partial charge in [-0.25, -0.2) is 19.6 Å². The molecule has 3 amide bonds. The molecular weight excluding hydrogens is 450 g/mol. The number of anilines is 2. The molecule has 0 radical (unpaired) electrons. The van der Waals surface area contributed by atoms with Crippen LogP contribution in [0.25, 0.3) is 11.4 Å². The first-order valence-corrected chi connectivity index (χ1v) is 12.0. The molecule has 11 heteroatoms. The highest BCUT2D eigenvalue weighted by Gasteiger charge is 2.36. The molecule has 2 aliphatic heterocycles. The second-order valence-electron chi connectivity index (χ2n) is 8.73. The molecule has 0 bridgehead atoms. The Balaban J connectivity index is 1.77. The van der Waals surface area contributed by atoms with Crippen LogP contribution in [0.5, 0.6) is 0 Å². The van der Waals surface area contributed by atoms with Gasteiger partial charge in [-0.05, 0) is 57.5 Å². The van der Waals surface area contributed by atoms with Gasteiger partial charge in [0.25, 0.3) is 0 Å². The van der Waals surface area contributed by atoms with Crippen molar-refractivity contribution in [3.05, 3.63) is 35.5 Å². The van der Waals surface area contributed by atoms with E-state index in [4.69, 9.17) is 20.4 Å². The molecule has 11 nitrogen and oxygen atoms in total. The molecular formula is C24H33N7O4. The van der Waals surface area contributed by atoms with Crippen molar-refractivity contribution in [2.75, 3.05) is 49.6 Å². The van der Waals surface area contributed by atoms with Crippen molar-refractivity contribution >= 4 is 23.6 Å². The maximum atomic E-state index is 12.0. The summed E-state index contributed by atoms with van der Waals surface area (Å²) < 4.78 is 5.64. The van der Waals surface area contributed by atoms with Crippen LogP contribution in [0.15, 0.2) is 24.3 Å². The summed E-state index contributed by atoms with van der Waals surface area (Å²) in [7, 11) is 0. The minimum Gasteiger partial charge on any atom is -0.465 e. The van der Waals surface area contributed by atoms with E-state index in [0.29, 0.717) is 69.4 Å². The highest BCUT2D eigenvalue weighted by atomic mass is 16.5. The van der Waals surface area contributed by atoms with E-state index in [2.05, 4.69) is 22.5 Å². The zero-order chi connectivity index (χ0) is 24.9. The third kappa shape index (κ3) is 5.30. The second kappa shape index (κ2) is 10.9. The van der Waals surface area contributed by atoms with E-state index in [1.807, 2.05) is 19.1 Å². The monoisotopic (exact) mass is 483 g/mol. The van der Waals surface area contributed by atoms with Gasteiger partial charge >= 0.3 is 12.1 Å². The summed E-state index contributed by atoms with van der Waals surface area (Å²) in [6.45, 7) is 7.11. The summed E-state index contributed by atoms with van der Waals surface area (Å²) >= 11 is 0. The highest BCUT2D eigenvalue weighted by Crippen LogP contribution is 2.37. The minimum absolute atomic E-state index is 0.129.